The summed E-state index contributed by atoms with van der Waals surface area (Å²) in [5.41, 5.74) is 2.20. The van der Waals surface area contributed by atoms with Gasteiger partial charge in [0.1, 0.15) is 0 Å². The molecular weight excluding hydrogens is 366 g/mol. The van der Waals surface area contributed by atoms with E-state index in [1.165, 1.54) is 10.7 Å². The number of carbonyl (C=O) groups excluding carboxylic acids is 1. The van der Waals surface area contributed by atoms with Gasteiger partial charge in [-0.05, 0) is 42.8 Å². The minimum atomic E-state index is -0.227. The van der Waals surface area contributed by atoms with Gasteiger partial charge in [0.05, 0.1) is 12.2 Å². The highest BCUT2D eigenvalue weighted by Crippen LogP contribution is 2.18. The minimum absolute atomic E-state index is 0.176. The van der Waals surface area contributed by atoms with Crippen LogP contribution in [-0.4, -0.2) is 32.0 Å². The number of rotatable bonds is 5. The molecule has 0 unspecified atom stereocenters. The van der Waals surface area contributed by atoms with Crippen molar-refractivity contribution < 1.29 is 4.79 Å². The van der Waals surface area contributed by atoms with E-state index in [1.54, 1.807) is 16.8 Å². The van der Waals surface area contributed by atoms with E-state index < -0.39 is 0 Å². The van der Waals surface area contributed by atoms with E-state index in [2.05, 4.69) is 15.5 Å². The first-order valence-corrected chi connectivity index (χ1v) is 9.41. The average Bonchev–Trinajstić information content (AvgIpc) is 3.06. The quantitative estimate of drug-likeness (QED) is 0.571. The van der Waals surface area contributed by atoms with Gasteiger partial charge in [-0.3, -0.25) is 9.59 Å². The van der Waals surface area contributed by atoms with Crippen LogP contribution < -0.4 is 10.9 Å². The summed E-state index contributed by atoms with van der Waals surface area (Å²) in [6, 6.07) is 18.4. The predicted octanol–water partition coefficient (Wildman–Crippen LogP) is 2.63. The summed E-state index contributed by atoms with van der Waals surface area (Å²) >= 11 is 0. The predicted molar refractivity (Wildman–Crippen MR) is 111 cm³/mol. The fraction of sp³-hybridized carbons (Fsp3) is 0.182. The summed E-state index contributed by atoms with van der Waals surface area (Å²) in [6.07, 6.45) is 0. The smallest absolute Gasteiger partial charge is 0.266 e. The molecule has 0 radical (unpaired) electrons. The number of nitrogens with one attached hydrogen (secondary N) is 1. The lowest BCUT2D eigenvalue weighted by molar-refractivity contribution is 0.0953. The fourth-order valence-electron chi connectivity index (χ4n) is 3.37. The molecule has 2 aromatic heterocycles. The molecule has 0 saturated carbocycles. The zero-order chi connectivity index (χ0) is 20.4. The first kappa shape index (κ1) is 18.6. The van der Waals surface area contributed by atoms with Crippen LogP contribution in [0.3, 0.4) is 0 Å². The van der Waals surface area contributed by atoms with Crippen molar-refractivity contribution in [3.8, 4) is 5.82 Å². The van der Waals surface area contributed by atoms with Gasteiger partial charge in [-0.15, -0.1) is 5.10 Å². The Morgan fingerprint density at radius 2 is 1.79 bits per heavy atom. The molecule has 0 atom stereocenters. The summed E-state index contributed by atoms with van der Waals surface area (Å²) in [4.78, 5) is 24.8. The molecule has 2 aromatic carbocycles. The molecular formula is C22H21N5O2. The third kappa shape index (κ3) is 3.80. The highest BCUT2D eigenvalue weighted by atomic mass is 16.2. The third-order valence-corrected chi connectivity index (χ3v) is 4.72. The van der Waals surface area contributed by atoms with Crippen molar-refractivity contribution in [2.75, 3.05) is 6.54 Å². The maximum atomic E-state index is 12.6. The van der Waals surface area contributed by atoms with Gasteiger partial charge in [0.15, 0.2) is 5.82 Å². The van der Waals surface area contributed by atoms with Gasteiger partial charge in [-0.25, -0.2) is 9.36 Å². The zero-order valence-corrected chi connectivity index (χ0v) is 16.3. The van der Waals surface area contributed by atoms with E-state index in [9.17, 15) is 9.59 Å². The van der Waals surface area contributed by atoms with E-state index in [1.807, 2.05) is 56.3 Å². The lowest BCUT2D eigenvalue weighted by Gasteiger charge is -2.10. The van der Waals surface area contributed by atoms with Crippen molar-refractivity contribution in [3.63, 3.8) is 0 Å². The van der Waals surface area contributed by atoms with Gasteiger partial charge in [-0.1, -0.05) is 36.4 Å². The number of aromatic nitrogens is 4. The largest absolute Gasteiger partial charge is 0.350 e. The Kier molecular flexibility index (Phi) is 4.95. The Balaban J connectivity index is 1.49. The molecule has 0 spiro atoms. The van der Waals surface area contributed by atoms with Gasteiger partial charge in [-0.2, -0.15) is 5.10 Å². The van der Waals surface area contributed by atoms with Gasteiger partial charge in [0.2, 0.25) is 0 Å². The molecule has 7 nitrogen and oxygen atoms in total. The second-order valence-corrected chi connectivity index (χ2v) is 6.87. The Labute approximate surface area is 167 Å². The molecule has 0 fully saturated rings. The van der Waals surface area contributed by atoms with Crippen LogP contribution in [0.4, 0.5) is 0 Å². The van der Waals surface area contributed by atoms with Crippen molar-refractivity contribution in [1.82, 2.24) is 24.9 Å². The molecule has 0 bridgehead atoms. The number of amides is 1. The lowest BCUT2D eigenvalue weighted by atomic mass is 10.0. The van der Waals surface area contributed by atoms with Crippen LogP contribution in [0.5, 0.6) is 0 Å². The average molecular weight is 387 g/mol. The Morgan fingerprint density at radius 1 is 1.00 bits per heavy atom. The Hall–Kier alpha value is -3.74. The van der Waals surface area contributed by atoms with Gasteiger partial charge >= 0.3 is 0 Å². The van der Waals surface area contributed by atoms with Crippen molar-refractivity contribution in [1.29, 1.82) is 0 Å². The summed E-state index contributed by atoms with van der Waals surface area (Å²) in [6.45, 7) is 4.39. The Morgan fingerprint density at radius 3 is 2.59 bits per heavy atom. The molecule has 146 valence electrons. The van der Waals surface area contributed by atoms with Gasteiger partial charge < -0.3 is 5.32 Å². The Bertz CT molecular complexity index is 1250. The lowest BCUT2D eigenvalue weighted by Crippen LogP contribution is -2.32. The fourth-order valence-corrected chi connectivity index (χ4v) is 3.37. The second-order valence-electron chi connectivity index (χ2n) is 6.87. The van der Waals surface area contributed by atoms with Crippen LogP contribution in [0.1, 0.15) is 21.7 Å². The normalized spacial score (nSPS) is 11.0. The van der Waals surface area contributed by atoms with E-state index >= 15 is 0 Å². The standard InChI is InChI=1S/C22H21N5O2/c1-15-14-16(2)27(24-15)20-10-11-21(28)26(25-20)13-12-23-22(29)19-9-5-7-17-6-3-4-8-18(17)19/h3-11,14H,12-13H2,1-2H3,(H,23,29). The maximum Gasteiger partial charge on any atom is 0.266 e. The third-order valence-electron chi connectivity index (χ3n) is 4.72. The molecule has 4 aromatic rings. The van der Waals surface area contributed by atoms with E-state index in [0.717, 1.165) is 22.2 Å². The van der Waals surface area contributed by atoms with Crippen LogP contribution in [0, 0.1) is 13.8 Å². The van der Waals surface area contributed by atoms with Crippen LogP contribution in [0.2, 0.25) is 0 Å². The van der Waals surface area contributed by atoms with Gasteiger partial charge in [0, 0.05) is 23.9 Å². The number of nitrogens with zero attached hydrogens (tertiary/aromatic N) is 4. The number of aryl methyl sites for hydroxylation is 2. The molecule has 7 heteroatoms. The van der Waals surface area contributed by atoms with Crippen LogP contribution in [0.25, 0.3) is 16.6 Å². The monoisotopic (exact) mass is 387 g/mol. The number of carbonyl (C=O) groups is 1. The second kappa shape index (κ2) is 7.71. The summed E-state index contributed by atoms with van der Waals surface area (Å²) in [5, 5.41) is 13.6. The molecule has 4 rings (SSSR count). The molecule has 0 aliphatic heterocycles. The molecule has 29 heavy (non-hydrogen) atoms. The van der Waals surface area contributed by atoms with Crippen molar-refractivity contribution in [2.45, 2.75) is 20.4 Å². The van der Waals surface area contributed by atoms with Crippen molar-refractivity contribution in [2.24, 2.45) is 0 Å². The summed E-state index contributed by atoms with van der Waals surface area (Å²) in [5.74, 6) is 0.389. The molecule has 0 saturated heterocycles. The summed E-state index contributed by atoms with van der Waals surface area (Å²) in [7, 11) is 0. The van der Waals surface area contributed by atoms with Crippen molar-refractivity contribution in [3.05, 3.63) is 88.0 Å². The molecule has 2 heterocycles. The molecule has 0 aliphatic carbocycles. The van der Waals surface area contributed by atoms with Gasteiger partial charge in [0.25, 0.3) is 11.5 Å². The van der Waals surface area contributed by atoms with Crippen LogP contribution in [0.15, 0.2) is 65.5 Å². The van der Waals surface area contributed by atoms with Crippen molar-refractivity contribution >= 4 is 16.7 Å². The topological polar surface area (TPSA) is 81.8 Å². The number of hydrogen-bond donors (Lipinski definition) is 1. The molecule has 0 aliphatic rings. The zero-order valence-electron chi connectivity index (χ0n) is 16.3. The van der Waals surface area contributed by atoms with Crippen LogP contribution >= 0.6 is 0 Å². The number of benzene rings is 2. The van der Waals surface area contributed by atoms with E-state index in [0.29, 0.717) is 11.4 Å². The SMILES string of the molecule is Cc1cc(C)n(-c2ccc(=O)n(CCNC(=O)c3cccc4ccccc34)n2)n1. The molecule has 1 amide bonds. The highest BCUT2D eigenvalue weighted by Gasteiger charge is 2.10. The number of hydrogen-bond acceptors (Lipinski definition) is 4. The highest BCUT2D eigenvalue weighted by molar-refractivity contribution is 6.06. The first-order chi connectivity index (χ1) is 14.0. The number of fused-ring (bicyclic) bond motifs is 1. The minimum Gasteiger partial charge on any atom is -0.350 e. The van der Waals surface area contributed by atoms with E-state index in [-0.39, 0.29) is 24.6 Å². The molecule has 1 N–H and O–H groups in total. The van der Waals surface area contributed by atoms with Crippen LogP contribution in [-0.2, 0) is 6.54 Å². The summed E-state index contributed by atoms with van der Waals surface area (Å²) < 4.78 is 3.04. The van der Waals surface area contributed by atoms with E-state index in [4.69, 9.17) is 0 Å². The maximum absolute atomic E-state index is 12.6. The first-order valence-electron chi connectivity index (χ1n) is 9.41.